The van der Waals surface area contributed by atoms with Gasteiger partial charge in [-0.15, -0.1) is 0 Å². The van der Waals surface area contributed by atoms with E-state index in [1.807, 2.05) is 24.3 Å². The summed E-state index contributed by atoms with van der Waals surface area (Å²) in [5.41, 5.74) is 22.4. The Morgan fingerprint density at radius 3 is 2.10 bits per heavy atom. The van der Waals surface area contributed by atoms with Gasteiger partial charge in [-0.1, -0.05) is 42.0 Å². The van der Waals surface area contributed by atoms with Gasteiger partial charge in [0.25, 0.3) is 0 Å². The summed E-state index contributed by atoms with van der Waals surface area (Å²) in [4.78, 5) is 0. The lowest BCUT2D eigenvalue weighted by Gasteiger charge is -2.23. The van der Waals surface area contributed by atoms with Crippen molar-refractivity contribution in [2.45, 2.75) is 25.3 Å². The van der Waals surface area contributed by atoms with Gasteiger partial charge in [0.2, 0.25) is 0 Å². The summed E-state index contributed by atoms with van der Waals surface area (Å²) in [6.45, 7) is 2.63. The first-order valence-electron chi connectivity index (χ1n) is 6.97. The Bertz CT molecular complexity index is 531. The first-order chi connectivity index (χ1) is 9.60. The van der Waals surface area contributed by atoms with Gasteiger partial charge in [-0.25, -0.2) is 0 Å². The predicted molar refractivity (Wildman–Crippen MR) is 85.5 cm³/mol. The van der Waals surface area contributed by atoms with Crippen LogP contribution >= 0.6 is 0 Å². The van der Waals surface area contributed by atoms with E-state index in [1.54, 1.807) is 0 Å². The van der Waals surface area contributed by atoms with Gasteiger partial charge in [0.15, 0.2) is 0 Å². The van der Waals surface area contributed by atoms with Crippen LogP contribution in [0.2, 0.25) is 0 Å². The topological polar surface area (TPSA) is 78.1 Å². The van der Waals surface area contributed by atoms with Crippen LogP contribution in [0.25, 0.3) is 0 Å². The molecular formula is C17H23N3. The second-order valence-electron chi connectivity index (χ2n) is 5.36. The van der Waals surface area contributed by atoms with E-state index in [4.69, 9.17) is 17.2 Å². The molecule has 0 fully saturated rings. The number of rotatable bonds is 5. The molecule has 0 aliphatic carbocycles. The maximum absolute atomic E-state index is 6.36. The van der Waals surface area contributed by atoms with Crippen LogP contribution in [0.15, 0.2) is 48.5 Å². The minimum absolute atomic E-state index is 0.00586. The molecule has 0 aromatic heterocycles. The summed E-state index contributed by atoms with van der Waals surface area (Å²) >= 11 is 0. The smallest absolute Gasteiger partial charge is 0.0314 e. The minimum Gasteiger partial charge on any atom is -0.399 e. The summed E-state index contributed by atoms with van der Waals surface area (Å²) in [7, 11) is 0. The zero-order valence-electron chi connectivity index (χ0n) is 11.9. The van der Waals surface area contributed by atoms with E-state index in [0.29, 0.717) is 6.54 Å². The van der Waals surface area contributed by atoms with Crippen LogP contribution in [-0.2, 0) is 6.42 Å². The second kappa shape index (κ2) is 6.55. The molecule has 2 aromatic carbocycles. The zero-order valence-corrected chi connectivity index (χ0v) is 11.9. The molecule has 0 bridgehead atoms. The molecule has 0 amide bonds. The molecule has 0 saturated carbocycles. The van der Waals surface area contributed by atoms with Gasteiger partial charge in [-0.05, 0) is 36.6 Å². The molecule has 20 heavy (non-hydrogen) atoms. The van der Waals surface area contributed by atoms with Crippen LogP contribution < -0.4 is 17.2 Å². The average Bonchev–Trinajstić information content (AvgIpc) is 2.44. The number of hydrogen-bond acceptors (Lipinski definition) is 3. The molecule has 2 rings (SSSR count). The normalized spacial score (nSPS) is 13.9. The first kappa shape index (κ1) is 14.6. The Kier molecular flexibility index (Phi) is 4.77. The summed E-state index contributed by atoms with van der Waals surface area (Å²) < 4.78 is 0. The number of nitrogens with two attached hydrogens (primary N) is 3. The van der Waals surface area contributed by atoms with E-state index in [1.165, 1.54) is 16.7 Å². The van der Waals surface area contributed by atoms with E-state index in [-0.39, 0.29) is 12.0 Å². The average molecular weight is 269 g/mol. The largest absolute Gasteiger partial charge is 0.399 e. The van der Waals surface area contributed by atoms with Gasteiger partial charge in [0, 0.05) is 24.2 Å². The van der Waals surface area contributed by atoms with Crippen molar-refractivity contribution in [3.63, 3.8) is 0 Å². The summed E-state index contributed by atoms with van der Waals surface area (Å²) in [5.74, 6) is 0.174. The molecule has 0 heterocycles. The maximum atomic E-state index is 6.36. The van der Waals surface area contributed by atoms with E-state index >= 15 is 0 Å². The predicted octanol–water partition coefficient (Wildman–Crippen LogP) is 2.19. The summed E-state index contributed by atoms with van der Waals surface area (Å²) in [6.07, 6.45) is 0.802. The molecule has 2 aromatic rings. The van der Waals surface area contributed by atoms with Crippen molar-refractivity contribution in [1.82, 2.24) is 0 Å². The van der Waals surface area contributed by atoms with Gasteiger partial charge in [-0.2, -0.15) is 0 Å². The number of nitrogen functional groups attached to an aromatic ring is 1. The molecular weight excluding hydrogens is 246 g/mol. The Morgan fingerprint density at radius 2 is 1.55 bits per heavy atom. The van der Waals surface area contributed by atoms with Crippen molar-refractivity contribution in [3.8, 4) is 0 Å². The number of benzene rings is 2. The van der Waals surface area contributed by atoms with Crippen molar-refractivity contribution in [2.75, 3.05) is 12.3 Å². The molecule has 0 radical (unpaired) electrons. The summed E-state index contributed by atoms with van der Waals surface area (Å²) in [6, 6.07) is 16.3. The Morgan fingerprint density at radius 1 is 0.950 bits per heavy atom. The van der Waals surface area contributed by atoms with E-state index in [9.17, 15) is 0 Å². The van der Waals surface area contributed by atoms with E-state index in [0.717, 1.165) is 12.1 Å². The second-order valence-corrected chi connectivity index (χ2v) is 5.36. The summed E-state index contributed by atoms with van der Waals surface area (Å²) in [5, 5.41) is 0. The number of hydrogen-bond donors (Lipinski definition) is 3. The fourth-order valence-corrected chi connectivity index (χ4v) is 2.44. The molecule has 106 valence electrons. The molecule has 0 saturated heterocycles. The standard InChI is InChI=1S/C17H23N3/c1-12-2-6-14(7-3-12)16(11-18)17(20)10-13-4-8-15(19)9-5-13/h2-9,16-17H,10-11,18-20H2,1H3. The lowest BCUT2D eigenvalue weighted by Crippen LogP contribution is -2.35. The monoisotopic (exact) mass is 269 g/mol. The molecule has 2 atom stereocenters. The molecule has 0 aliphatic heterocycles. The Labute approximate surface area is 120 Å². The third kappa shape index (κ3) is 3.59. The molecule has 6 N–H and O–H groups in total. The quantitative estimate of drug-likeness (QED) is 0.728. The first-order valence-corrected chi connectivity index (χ1v) is 6.97. The molecule has 3 heteroatoms. The third-order valence-electron chi connectivity index (χ3n) is 3.73. The molecule has 2 unspecified atom stereocenters. The van der Waals surface area contributed by atoms with Crippen molar-refractivity contribution in [2.24, 2.45) is 11.5 Å². The van der Waals surface area contributed by atoms with Crippen LogP contribution in [0.1, 0.15) is 22.6 Å². The third-order valence-corrected chi connectivity index (χ3v) is 3.73. The van der Waals surface area contributed by atoms with E-state index in [2.05, 4.69) is 31.2 Å². The highest BCUT2D eigenvalue weighted by molar-refractivity contribution is 5.39. The van der Waals surface area contributed by atoms with Gasteiger partial charge >= 0.3 is 0 Å². The Hall–Kier alpha value is -1.84. The van der Waals surface area contributed by atoms with Crippen LogP contribution in [0, 0.1) is 6.92 Å². The lowest BCUT2D eigenvalue weighted by molar-refractivity contribution is 0.535. The maximum Gasteiger partial charge on any atom is 0.0314 e. The minimum atomic E-state index is 0.00586. The van der Waals surface area contributed by atoms with Gasteiger partial charge in [0.1, 0.15) is 0 Å². The van der Waals surface area contributed by atoms with Gasteiger partial charge in [0.05, 0.1) is 0 Å². The van der Waals surface area contributed by atoms with Crippen LogP contribution in [-0.4, -0.2) is 12.6 Å². The van der Waals surface area contributed by atoms with Gasteiger partial charge < -0.3 is 17.2 Å². The highest BCUT2D eigenvalue weighted by Gasteiger charge is 2.18. The molecule has 0 spiro atoms. The zero-order chi connectivity index (χ0) is 14.5. The van der Waals surface area contributed by atoms with Crippen LogP contribution in [0.4, 0.5) is 5.69 Å². The van der Waals surface area contributed by atoms with Crippen molar-refractivity contribution in [3.05, 3.63) is 65.2 Å². The van der Waals surface area contributed by atoms with Crippen molar-refractivity contribution >= 4 is 5.69 Å². The fourth-order valence-electron chi connectivity index (χ4n) is 2.44. The number of anilines is 1. The number of aryl methyl sites for hydroxylation is 1. The van der Waals surface area contributed by atoms with E-state index < -0.39 is 0 Å². The van der Waals surface area contributed by atoms with Crippen LogP contribution in [0.3, 0.4) is 0 Å². The molecule has 3 nitrogen and oxygen atoms in total. The van der Waals surface area contributed by atoms with Crippen LogP contribution in [0.5, 0.6) is 0 Å². The lowest BCUT2D eigenvalue weighted by atomic mass is 9.88. The highest BCUT2D eigenvalue weighted by Crippen LogP contribution is 2.21. The molecule has 0 aliphatic rings. The van der Waals surface area contributed by atoms with Crippen molar-refractivity contribution in [1.29, 1.82) is 0 Å². The Balaban J connectivity index is 2.10. The fraction of sp³-hybridized carbons (Fsp3) is 0.294. The van der Waals surface area contributed by atoms with Gasteiger partial charge in [-0.3, -0.25) is 0 Å². The SMILES string of the molecule is Cc1ccc(C(CN)C(N)Cc2ccc(N)cc2)cc1. The highest BCUT2D eigenvalue weighted by atomic mass is 14.7. The van der Waals surface area contributed by atoms with Crippen molar-refractivity contribution < 1.29 is 0 Å².